The Morgan fingerprint density at radius 2 is 2.35 bits per heavy atom. The number of nitrogens with zero attached hydrogens (tertiary/aromatic N) is 2. The molecule has 0 spiro atoms. The summed E-state index contributed by atoms with van der Waals surface area (Å²) in [6.07, 6.45) is 0.0188. The number of carboxylic acids is 1. The Labute approximate surface area is 120 Å². The minimum absolute atomic E-state index is 0.0188. The second-order valence-corrected chi connectivity index (χ2v) is 5.33. The fourth-order valence-corrected chi connectivity index (χ4v) is 2.94. The maximum atomic E-state index is 11.0. The van der Waals surface area contributed by atoms with Crippen LogP contribution in [0.1, 0.15) is 22.2 Å². The maximum absolute atomic E-state index is 11.0. The number of aromatic nitrogens is 1. The zero-order chi connectivity index (χ0) is 13.9. The van der Waals surface area contributed by atoms with Crippen molar-refractivity contribution < 1.29 is 14.6 Å². The van der Waals surface area contributed by atoms with Gasteiger partial charge in [0.15, 0.2) is 5.69 Å². The first-order chi connectivity index (χ1) is 9.74. The molecule has 0 saturated carbocycles. The Balaban J connectivity index is 1.80. The molecule has 20 heavy (non-hydrogen) atoms. The van der Waals surface area contributed by atoms with Gasteiger partial charge in [0, 0.05) is 13.1 Å². The van der Waals surface area contributed by atoms with Gasteiger partial charge in [-0.15, -0.1) is 0 Å². The van der Waals surface area contributed by atoms with Gasteiger partial charge in [-0.3, -0.25) is 0 Å². The molecule has 1 aliphatic rings. The average Bonchev–Trinajstić information content (AvgIpc) is 3.02. The molecule has 1 unspecified atom stereocenters. The van der Waals surface area contributed by atoms with E-state index < -0.39 is 5.97 Å². The van der Waals surface area contributed by atoms with E-state index in [0.29, 0.717) is 19.0 Å². The molecule has 1 atom stereocenters. The molecule has 0 radical (unpaired) electrons. The van der Waals surface area contributed by atoms with E-state index in [1.54, 1.807) is 17.4 Å². The van der Waals surface area contributed by atoms with Gasteiger partial charge in [0.05, 0.1) is 6.61 Å². The predicted octanol–water partition coefficient (Wildman–Crippen LogP) is 2.42. The Morgan fingerprint density at radius 1 is 1.45 bits per heavy atom. The minimum Gasteiger partial charge on any atom is -0.477 e. The first-order valence-corrected chi connectivity index (χ1v) is 7.27. The number of carbonyl (C=O) groups is 1. The van der Waals surface area contributed by atoms with E-state index in [-0.39, 0.29) is 11.8 Å². The quantitative estimate of drug-likeness (QED) is 0.940. The predicted molar refractivity (Wildman–Crippen MR) is 76.4 cm³/mol. The Kier molecular flexibility index (Phi) is 3.66. The highest BCUT2D eigenvalue weighted by Gasteiger charge is 2.23. The standard InChI is InChI=1S/C14H14N2O3S/c17-14(18)11-2-1-3-13(15-11)16-5-6-19-12(8-16)10-4-7-20-9-10/h1-4,7,9,12H,5-6,8H2,(H,17,18). The summed E-state index contributed by atoms with van der Waals surface area (Å²) in [6, 6.07) is 7.12. The molecule has 1 N–H and O–H groups in total. The third kappa shape index (κ3) is 2.66. The largest absolute Gasteiger partial charge is 0.477 e. The number of aromatic carboxylic acids is 1. The lowest BCUT2D eigenvalue weighted by Gasteiger charge is -2.33. The summed E-state index contributed by atoms with van der Waals surface area (Å²) in [5.74, 6) is -0.317. The van der Waals surface area contributed by atoms with Crippen LogP contribution in [0.5, 0.6) is 0 Å². The van der Waals surface area contributed by atoms with Crippen LogP contribution < -0.4 is 4.90 Å². The fraction of sp³-hybridized carbons (Fsp3) is 0.286. The number of carboxylic acid groups (broad SMARTS) is 1. The van der Waals surface area contributed by atoms with Crippen molar-refractivity contribution in [3.05, 3.63) is 46.3 Å². The number of pyridine rings is 1. The molecule has 0 aliphatic carbocycles. The van der Waals surface area contributed by atoms with Crippen molar-refractivity contribution in [1.82, 2.24) is 4.98 Å². The lowest BCUT2D eigenvalue weighted by atomic mass is 10.1. The molecule has 1 saturated heterocycles. The van der Waals surface area contributed by atoms with E-state index in [2.05, 4.69) is 21.3 Å². The first-order valence-electron chi connectivity index (χ1n) is 6.33. The van der Waals surface area contributed by atoms with E-state index in [0.717, 1.165) is 12.1 Å². The number of thiophene rings is 1. The van der Waals surface area contributed by atoms with Crippen molar-refractivity contribution in [2.75, 3.05) is 24.6 Å². The summed E-state index contributed by atoms with van der Waals surface area (Å²) >= 11 is 1.64. The van der Waals surface area contributed by atoms with E-state index in [9.17, 15) is 4.79 Å². The molecule has 5 nitrogen and oxygen atoms in total. The molecule has 6 heteroatoms. The number of morpholine rings is 1. The van der Waals surface area contributed by atoms with E-state index in [1.807, 2.05) is 11.4 Å². The zero-order valence-corrected chi connectivity index (χ0v) is 11.5. The van der Waals surface area contributed by atoms with E-state index in [4.69, 9.17) is 9.84 Å². The van der Waals surface area contributed by atoms with Crippen LogP contribution in [0.2, 0.25) is 0 Å². The van der Waals surface area contributed by atoms with Crippen LogP contribution in [0, 0.1) is 0 Å². The average molecular weight is 290 g/mol. The summed E-state index contributed by atoms with van der Waals surface area (Å²) in [5, 5.41) is 13.1. The first kappa shape index (κ1) is 13.1. The second-order valence-electron chi connectivity index (χ2n) is 4.55. The van der Waals surface area contributed by atoms with E-state index in [1.165, 1.54) is 6.07 Å². The lowest BCUT2D eigenvalue weighted by molar-refractivity contribution is 0.0398. The molecule has 1 fully saturated rings. The molecule has 104 valence electrons. The SMILES string of the molecule is O=C(O)c1cccc(N2CCOC(c3ccsc3)C2)n1. The van der Waals surface area contributed by atoms with Gasteiger partial charge in [0.2, 0.25) is 0 Å². The van der Waals surface area contributed by atoms with Crippen molar-refractivity contribution in [3.8, 4) is 0 Å². The van der Waals surface area contributed by atoms with Gasteiger partial charge in [0.25, 0.3) is 0 Å². The molecule has 3 rings (SSSR count). The van der Waals surface area contributed by atoms with Gasteiger partial charge in [-0.2, -0.15) is 11.3 Å². The summed E-state index contributed by atoms with van der Waals surface area (Å²) in [4.78, 5) is 17.2. The molecular formula is C14H14N2O3S. The van der Waals surface area contributed by atoms with Crippen molar-refractivity contribution in [3.63, 3.8) is 0 Å². The van der Waals surface area contributed by atoms with Crippen molar-refractivity contribution in [2.45, 2.75) is 6.10 Å². The third-order valence-corrected chi connectivity index (χ3v) is 3.96. The van der Waals surface area contributed by atoms with Crippen LogP contribution >= 0.6 is 11.3 Å². The summed E-state index contributed by atoms with van der Waals surface area (Å²) in [5.41, 5.74) is 1.23. The van der Waals surface area contributed by atoms with Gasteiger partial charge < -0.3 is 14.7 Å². The number of hydrogen-bond acceptors (Lipinski definition) is 5. The van der Waals surface area contributed by atoms with Crippen molar-refractivity contribution in [1.29, 1.82) is 0 Å². The van der Waals surface area contributed by atoms with Crippen LogP contribution in [-0.4, -0.2) is 35.8 Å². The second kappa shape index (κ2) is 5.60. The lowest BCUT2D eigenvalue weighted by Crippen LogP contribution is -2.38. The van der Waals surface area contributed by atoms with Crippen LogP contribution in [0.15, 0.2) is 35.0 Å². The van der Waals surface area contributed by atoms with Crippen LogP contribution in [-0.2, 0) is 4.74 Å². The molecular weight excluding hydrogens is 276 g/mol. The molecule has 0 amide bonds. The Morgan fingerprint density at radius 3 is 3.10 bits per heavy atom. The molecule has 1 aliphatic heterocycles. The number of hydrogen-bond donors (Lipinski definition) is 1. The highest BCUT2D eigenvalue weighted by Crippen LogP contribution is 2.26. The van der Waals surface area contributed by atoms with Crippen LogP contribution in [0.4, 0.5) is 5.82 Å². The van der Waals surface area contributed by atoms with Crippen molar-refractivity contribution >= 4 is 23.1 Å². The van der Waals surface area contributed by atoms with Crippen LogP contribution in [0.3, 0.4) is 0 Å². The molecule has 2 aromatic rings. The maximum Gasteiger partial charge on any atom is 0.354 e. The van der Waals surface area contributed by atoms with Gasteiger partial charge in [-0.05, 0) is 34.5 Å². The molecule has 3 heterocycles. The number of rotatable bonds is 3. The highest BCUT2D eigenvalue weighted by molar-refractivity contribution is 7.07. The number of ether oxygens (including phenoxy) is 1. The third-order valence-electron chi connectivity index (χ3n) is 3.26. The fourth-order valence-electron chi connectivity index (χ4n) is 2.24. The van der Waals surface area contributed by atoms with Crippen molar-refractivity contribution in [2.24, 2.45) is 0 Å². The normalized spacial score (nSPS) is 19.0. The van der Waals surface area contributed by atoms with Gasteiger partial charge in [-0.1, -0.05) is 6.07 Å². The molecule has 0 bridgehead atoms. The summed E-state index contributed by atoms with van der Waals surface area (Å²) in [6.45, 7) is 2.02. The number of anilines is 1. The topological polar surface area (TPSA) is 62.7 Å². The summed E-state index contributed by atoms with van der Waals surface area (Å²) < 4.78 is 5.77. The van der Waals surface area contributed by atoms with Gasteiger partial charge in [-0.25, -0.2) is 9.78 Å². The van der Waals surface area contributed by atoms with Crippen LogP contribution in [0.25, 0.3) is 0 Å². The Bertz CT molecular complexity index is 600. The molecule has 2 aromatic heterocycles. The highest BCUT2D eigenvalue weighted by atomic mass is 32.1. The van der Waals surface area contributed by atoms with Gasteiger partial charge >= 0.3 is 5.97 Å². The minimum atomic E-state index is -1.01. The van der Waals surface area contributed by atoms with Gasteiger partial charge in [0.1, 0.15) is 11.9 Å². The van der Waals surface area contributed by atoms with E-state index >= 15 is 0 Å². The zero-order valence-electron chi connectivity index (χ0n) is 10.7. The Hall–Kier alpha value is -1.92. The molecule has 0 aromatic carbocycles. The smallest absolute Gasteiger partial charge is 0.354 e. The summed E-state index contributed by atoms with van der Waals surface area (Å²) in [7, 11) is 0. The monoisotopic (exact) mass is 290 g/mol.